The SMILES string of the molecule is [2H]CC1OC(n2cc(C#Cc3ccc4ccc5cccc6ccc3c4c56)c(=O)[nH]c2=O)C[C@H]1OP(OC=NCC)N(C(C)C)C(C)C. The molecule has 0 spiro atoms. The lowest BCUT2D eigenvalue weighted by Gasteiger charge is -2.36. The predicted octanol–water partition coefficient (Wildman–Crippen LogP) is 6.94. The van der Waals surface area contributed by atoms with Crippen molar-refractivity contribution in [1.82, 2.24) is 14.2 Å². The number of H-pyrrole nitrogens is 1. The number of nitrogens with zero attached hydrogens (tertiary/aromatic N) is 3. The van der Waals surface area contributed by atoms with Gasteiger partial charge >= 0.3 is 14.2 Å². The Labute approximate surface area is 270 Å². The molecule has 9 nitrogen and oxygen atoms in total. The van der Waals surface area contributed by atoms with Crippen molar-refractivity contribution in [3.05, 3.63) is 92.8 Å². The van der Waals surface area contributed by atoms with Crippen LogP contribution in [0.2, 0.25) is 0 Å². The molecule has 1 saturated heterocycles. The fourth-order valence-corrected chi connectivity index (χ4v) is 7.75. The number of hydrogen-bond acceptors (Lipinski definition) is 7. The van der Waals surface area contributed by atoms with Crippen LogP contribution >= 0.6 is 8.53 Å². The summed E-state index contributed by atoms with van der Waals surface area (Å²) in [6.45, 7) is 10.7. The van der Waals surface area contributed by atoms with Gasteiger partial charge in [0.2, 0.25) is 0 Å². The van der Waals surface area contributed by atoms with Crippen LogP contribution in [0.4, 0.5) is 0 Å². The van der Waals surface area contributed by atoms with Gasteiger partial charge in [-0.25, -0.2) is 9.46 Å². The molecule has 46 heavy (non-hydrogen) atoms. The maximum atomic E-state index is 13.1. The number of aromatic nitrogens is 2. The highest BCUT2D eigenvalue weighted by Crippen LogP contribution is 2.49. The van der Waals surface area contributed by atoms with Crippen molar-refractivity contribution in [3.63, 3.8) is 0 Å². The molecule has 1 fully saturated rings. The van der Waals surface area contributed by atoms with Crippen LogP contribution in [0.3, 0.4) is 0 Å². The average Bonchev–Trinajstić information content (AvgIpc) is 3.45. The molecule has 10 heteroatoms. The van der Waals surface area contributed by atoms with Crippen molar-refractivity contribution < 1.29 is 15.2 Å². The minimum Gasteiger partial charge on any atom is -0.425 e. The second-order valence-corrected chi connectivity index (χ2v) is 13.3. The number of aliphatic imine (C=N–C) groups is 1. The van der Waals surface area contributed by atoms with E-state index in [4.69, 9.17) is 15.2 Å². The standard InChI is InChI=1S/C36H39N4O5P/c1-7-37-21-43-46(40(22(2)3)23(4)5)45-31-19-32(44-24(31)6)39-20-29(35(41)38-36(39)42)16-12-25-11-13-28-15-14-26-9-8-10-27-17-18-30(25)34(28)33(26)27/h8-11,13-15,17-18,20-24,31-32H,7,19H2,1-6H3,(H,38,41,42)/t24?,31-,32?,46?/m1/s1/i6D. The van der Waals surface area contributed by atoms with Crippen LogP contribution in [-0.4, -0.2) is 51.5 Å². The summed E-state index contributed by atoms with van der Waals surface area (Å²) in [5.41, 5.74) is -0.265. The van der Waals surface area contributed by atoms with Crippen LogP contribution in [0.15, 0.2) is 75.4 Å². The Kier molecular flexibility index (Phi) is 8.88. The first kappa shape index (κ1) is 30.6. The molecule has 0 saturated carbocycles. The second-order valence-electron chi connectivity index (χ2n) is 12.0. The van der Waals surface area contributed by atoms with E-state index in [0.29, 0.717) is 6.54 Å². The zero-order valence-corrected chi connectivity index (χ0v) is 27.6. The Morgan fingerprint density at radius 2 is 1.72 bits per heavy atom. The van der Waals surface area contributed by atoms with Crippen molar-refractivity contribution in [2.24, 2.45) is 4.99 Å². The molecule has 1 aliphatic heterocycles. The molecule has 0 bridgehead atoms. The van der Waals surface area contributed by atoms with Crippen molar-refractivity contribution >= 4 is 47.2 Å². The first-order chi connectivity index (χ1) is 22.7. The summed E-state index contributed by atoms with van der Waals surface area (Å²) >= 11 is 0. The van der Waals surface area contributed by atoms with Crippen molar-refractivity contribution in [3.8, 4) is 11.8 Å². The number of benzene rings is 4. The van der Waals surface area contributed by atoms with E-state index in [9.17, 15) is 9.59 Å². The normalized spacial score (nSPS) is 19.6. The Balaban J connectivity index is 1.31. The van der Waals surface area contributed by atoms with Gasteiger partial charge in [0.1, 0.15) is 11.8 Å². The number of nitrogens with one attached hydrogen (secondary N) is 1. The average molecular weight is 640 g/mol. The summed E-state index contributed by atoms with van der Waals surface area (Å²) in [4.78, 5) is 32.6. The molecule has 238 valence electrons. The third kappa shape index (κ3) is 6.19. The van der Waals surface area contributed by atoms with Gasteiger partial charge in [-0.05, 0) is 79.9 Å². The fourth-order valence-electron chi connectivity index (χ4n) is 6.12. The summed E-state index contributed by atoms with van der Waals surface area (Å²) in [5, 5.41) is 6.77. The van der Waals surface area contributed by atoms with E-state index in [2.05, 4.69) is 96.6 Å². The smallest absolute Gasteiger partial charge is 0.330 e. The van der Waals surface area contributed by atoms with Crippen molar-refractivity contribution in [2.75, 3.05) is 6.54 Å². The summed E-state index contributed by atoms with van der Waals surface area (Å²) < 4.78 is 30.3. The Hall–Kier alpha value is -4.06. The number of hydrogen-bond donors (Lipinski definition) is 1. The molecule has 1 aliphatic rings. The first-order valence-electron chi connectivity index (χ1n) is 16.3. The van der Waals surface area contributed by atoms with Crippen molar-refractivity contribution in [1.29, 1.82) is 0 Å². The van der Waals surface area contributed by atoms with Gasteiger partial charge in [-0.1, -0.05) is 60.4 Å². The second kappa shape index (κ2) is 13.4. The molecule has 0 amide bonds. The molecule has 0 radical (unpaired) electrons. The third-order valence-corrected chi connectivity index (χ3v) is 10.2. The lowest BCUT2D eigenvalue weighted by molar-refractivity contribution is -0.00778. The molecule has 4 aromatic carbocycles. The highest BCUT2D eigenvalue weighted by molar-refractivity contribution is 7.45. The topological polar surface area (TPSA) is 98.2 Å². The van der Waals surface area contributed by atoms with Gasteiger partial charge in [0.05, 0.1) is 12.2 Å². The van der Waals surface area contributed by atoms with Crippen LogP contribution in [0, 0.1) is 11.8 Å². The van der Waals surface area contributed by atoms with E-state index in [1.807, 2.05) is 19.1 Å². The van der Waals surface area contributed by atoms with E-state index in [1.165, 1.54) is 22.6 Å². The van der Waals surface area contributed by atoms with Crippen LogP contribution in [0.5, 0.6) is 0 Å². The molecule has 4 atom stereocenters. The van der Waals surface area contributed by atoms with Gasteiger partial charge < -0.3 is 13.8 Å². The predicted molar refractivity (Wildman–Crippen MR) is 186 cm³/mol. The first-order valence-corrected chi connectivity index (χ1v) is 16.7. The monoisotopic (exact) mass is 639 g/mol. The highest BCUT2D eigenvalue weighted by Gasteiger charge is 2.40. The highest BCUT2D eigenvalue weighted by atomic mass is 31.2. The zero-order chi connectivity index (χ0) is 33.2. The molecule has 3 unspecified atom stereocenters. The fraction of sp³-hybridized carbons (Fsp3) is 0.361. The minimum absolute atomic E-state index is 0.0732. The molecule has 2 heterocycles. The van der Waals surface area contributed by atoms with Crippen LogP contribution in [0.25, 0.3) is 32.3 Å². The van der Waals surface area contributed by atoms with Crippen LogP contribution < -0.4 is 11.2 Å². The van der Waals surface area contributed by atoms with E-state index in [0.717, 1.165) is 32.5 Å². The van der Waals surface area contributed by atoms with Gasteiger partial charge in [-0.2, -0.15) is 0 Å². The maximum Gasteiger partial charge on any atom is 0.330 e. The molecule has 1 aromatic heterocycles. The van der Waals surface area contributed by atoms with E-state index < -0.39 is 38.2 Å². The zero-order valence-electron chi connectivity index (χ0n) is 27.7. The Morgan fingerprint density at radius 1 is 1.04 bits per heavy atom. The van der Waals surface area contributed by atoms with E-state index in [-0.39, 0.29) is 31.0 Å². The number of aromatic amines is 1. The molecular formula is C36H39N4O5P. The van der Waals surface area contributed by atoms with Crippen LogP contribution in [0.1, 0.15) is 66.7 Å². The Bertz CT molecular complexity index is 2080. The van der Waals surface area contributed by atoms with Crippen molar-refractivity contribution in [2.45, 2.75) is 78.5 Å². The maximum absolute atomic E-state index is 13.1. The summed E-state index contributed by atoms with van der Waals surface area (Å²) in [5.74, 6) is 6.21. The summed E-state index contributed by atoms with van der Waals surface area (Å²) in [7, 11) is -1.57. The summed E-state index contributed by atoms with van der Waals surface area (Å²) in [6.07, 6.45) is 1.26. The summed E-state index contributed by atoms with van der Waals surface area (Å²) in [6, 6.07) is 18.9. The molecule has 6 rings (SSSR count). The number of ether oxygens (including phenoxy) is 1. The quantitative estimate of drug-likeness (QED) is 0.0617. The largest absolute Gasteiger partial charge is 0.425 e. The molecular weight excluding hydrogens is 599 g/mol. The van der Waals surface area contributed by atoms with Gasteiger partial charge in [0.25, 0.3) is 5.56 Å². The molecule has 5 aromatic rings. The van der Waals surface area contributed by atoms with Gasteiger partial charge in [0.15, 0.2) is 6.40 Å². The van der Waals surface area contributed by atoms with Gasteiger partial charge in [-0.3, -0.25) is 19.3 Å². The lowest BCUT2D eigenvalue weighted by atomic mass is 9.92. The van der Waals surface area contributed by atoms with E-state index in [1.54, 1.807) is 0 Å². The minimum atomic E-state index is -1.57. The van der Waals surface area contributed by atoms with Gasteiger partial charge in [0, 0.05) is 38.2 Å². The Morgan fingerprint density at radius 3 is 2.41 bits per heavy atom. The van der Waals surface area contributed by atoms with Crippen LogP contribution in [-0.2, 0) is 13.8 Å². The lowest BCUT2D eigenvalue weighted by Crippen LogP contribution is -2.35. The molecule has 1 N–H and O–H groups in total. The number of rotatable bonds is 9. The van der Waals surface area contributed by atoms with Gasteiger partial charge in [-0.15, -0.1) is 0 Å². The third-order valence-electron chi connectivity index (χ3n) is 8.19. The van der Waals surface area contributed by atoms with E-state index >= 15 is 0 Å². The molecule has 0 aliphatic carbocycles.